The molecule has 1 heterocycles. The lowest BCUT2D eigenvalue weighted by Gasteiger charge is -2.09. The van der Waals surface area contributed by atoms with Crippen LogP contribution < -0.4 is 4.74 Å². The molecule has 0 atom stereocenters. The third-order valence-electron chi connectivity index (χ3n) is 2.60. The maximum absolute atomic E-state index is 10.6. The van der Waals surface area contributed by atoms with Gasteiger partial charge in [-0.05, 0) is 35.9 Å². The van der Waals surface area contributed by atoms with Crippen LogP contribution in [0.2, 0.25) is 10.0 Å². The lowest BCUT2D eigenvalue weighted by atomic mass is 10.1. The van der Waals surface area contributed by atoms with E-state index in [0.29, 0.717) is 21.3 Å². The van der Waals surface area contributed by atoms with E-state index in [1.165, 1.54) is 12.3 Å². The zero-order valence-electron chi connectivity index (χ0n) is 10.6. The van der Waals surface area contributed by atoms with Gasteiger partial charge in [0.25, 0.3) is 0 Å². The molecule has 110 valence electrons. The third-order valence-corrected chi connectivity index (χ3v) is 3.28. The minimum Gasteiger partial charge on any atom is -0.504 e. The standard InChI is InChI=1S/C14H10Cl3NO3/c15-9-6-10(16)14(18-7-9)8-1-2-12(11(19)5-8)21-4-3-13(17)20/h1-2,5-7,19H,3-4H2. The zero-order valence-corrected chi connectivity index (χ0v) is 12.9. The van der Waals surface area contributed by atoms with Gasteiger partial charge in [-0.3, -0.25) is 9.78 Å². The van der Waals surface area contributed by atoms with Crippen molar-refractivity contribution in [1.29, 1.82) is 0 Å². The molecule has 1 aromatic heterocycles. The van der Waals surface area contributed by atoms with Gasteiger partial charge < -0.3 is 9.84 Å². The van der Waals surface area contributed by atoms with Crippen molar-refractivity contribution < 1.29 is 14.6 Å². The van der Waals surface area contributed by atoms with E-state index >= 15 is 0 Å². The van der Waals surface area contributed by atoms with Gasteiger partial charge in [0.05, 0.1) is 28.8 Å². The number of carbonyl (C=O) groups excluding carboxylic acids is 1. The molecule has 0 aliphatic carbocycles. The van der Waals surface area contributed by atoms with E-state index < -0.39 is 5.24 Å². The molecule has 0 fully saturated rings. The number of phenolic OH excluding ortho intramolecular Hbond substituents is 1. The Morgan fingerprint density at radius 2 is 2.05 bits per heavy atom. The summed E-state index contributed by atoms with van der Waals surface area (Å²) in [5, 5.41) is 10.2. The van der Waals surface area contributed by atoms with Crippen molar-refractivity contribution in [2.75, 3.05) is 6.61 Å². The predicted octanol–water partition coefficient (Wildman–Crippen LogP) is 4.30. The number of nitrogens with zero attached hydrogens (tertiary/aromatic N) is 1. The first kappa shape index (κ1) is 15.9. The van der Waals surface area contributed by atoms with Gasteiger partial charge in [-0.15, -0.1) is 0 Å². The van der Waals surface area contributed by atoms with Crippen LogP contribution in [0.1, 0.15) is 6.42 Å². The highest BCUT2D eigenvalue weighted by molar-refractivity contribution is 6.63. The van der Waals surface area contributed by atoms with E-state index in [2.05, 4.69) is 4.98 Å². The molecule has 21 heavy (non-hydrogen) atoms. The van der Waals surface area contributed by atoms with E-state index in [9.17, 15) is 9.90 Å². The summed E-state index contributed by atoms with van der Waals surface area (Å²) in [5.41, 5.74) is 1.12. The molecule has 4 nitrogen and oxygen atoms in total. The smallest absolute Gasteiger partial charge is 0.225 e. The number of halogens is 3. The van der Waals surface area contributed by atoms with Crippen molar-refractivity contribution in [2.45, 2.75) is 6.42 Å². The number of ether oxygens (including phenoxy) is 1. The molecule has 0 aliphatic rings. The third kappa shape index (κ3) is 4.24. The van der Waals surface area contributed by atoms with Gasteiger partial charge in [-0.1, -0.05) is 23.2 Å². The van der Waals surface area contributed by atoms with E-state index in [1.807, 2.05) is 0 Å². The quantitative estimate of drug-likeness (QED) is 0.820. The molecule has 0 unspecified atom stereocenters. The van der Waals surface area contributed by atoms with Crippen molar-refractivity contribution in [3.8, 4) is 22.8 Å². The lowest BCUT2D eigenvalue weighted by molar-refractivity contribution is -0.112. The van der Waals surface area contributed by atoms with E-state index in [-0.39, 0.29) is 24.5 Å². The Balaban J connectivity index is 2.20. The summed E-state index contributed by atoms with van der Waals surface area (Å²) in [4.78, 5) is 14.7. The lowest BCUT2D eigenvalue weighted by Crippen LogP contribution is -2.01. The first-order chi connectivity index (χ1) is 9.97. The molecule has 1 aromatic carbocycles. The summed E-state index contributed by atoms with van der Waals surface area (Å²) in [5.74, 6) is 0.170. The Bertz CT molecular complexity index is 677. The Kier molecular flexibility index (Phi) is 5.28. The fourth-order valence-corrected chi connectivity index (χ4v) is 2.22. The molecular formula is C14H10Cl3NO3. The van der Waals surface area contributed by atoms with Crippen LogP contribution in [0.3, 0.4) is 0 Å². The summed E-state index contributed by atoms with van der Waals surface area (Å²) >= 11 is 17.1. The second kappa shape index (κ2) is 6.98. The molecular weight excluding hydrogens is 337 g/mol. The number of pyridine rings is 1. The van der Waals surface area contributed by atoms with Crippen LogP contribution in [-0.4, -0.2) is 21.9 Å². The Morgan fingerprint density at radius 3 is 2.67 bits per heavy atom. The number of aromatic nitrogens is 1. The maximum atomic E-state index is 10.6. The van der Waals surface area contributed by atoms with Crippen LogP contribution >= 0.6 is 34.8 Å². The summed E-state index contributed by atoms with van der Waals surface area (Å²) in [7, 11) is 0. The summed E-state index contributed by atoms with van der Waals surface area (Å²) < 4.78 is 5.26. The van der Waals surface area contributed by atoms with Crippen LogP contribution in [0.5, 0.6) is 11.5 Å². The van der Waals surface area contributed by atoms with Crippen molar-refractivity contribution >= 4 is 40.0 Å². The van der Waals surface area contributed by atoms with Crippen LogP contribution in [0, 0.1) is 0 Å². The topological polar surface area (TPSA) is 59.4 Å². The molecule has 7 heteroatoms. The van der Waals surface area contributed by atoms with Gasteiger partial charge in [0.2, 0.25) is 5.24 Å². The Morgan fingerprint density at radius 1 is 1.29 bits per heavy atom. The van der Waals surface area contributed by atoms with Gasteiger partial charge in [-0.25, -0.2) is 0 Å². The fourth-order valence-electron chi connectivity index (χ4n) is 1.65. The summed E-state index contributed by atoms with van der Waals surface area (Å²) in [6.07, 6.45) is 1.53. The highest BCUT2D eigenvalue weighted by Crippen LogP contribution is 2.34. The predicted molar refractivity (Wildman–Crippen MR) is 82.3 cm³/mol. The Hall–Kier alpha value is -1.49. The van der Waals surface area contributed by atoms with Crippen LogP contribution in [-0.2, 0) is 4.79 Å². The van der Waals surface area contributed by atoms with Crippen molar-refractivity contribution in [3.63, 3.8) is 0 Å². The molecule has 0 amide bonds. The van der Waals surface area contributed by atoms with Crippen molar-refractivity contribution in [2.24, 2.45) is 0 Å². The summed E-state index contributed by atoms with van der Waals surface area (Å²) in [6, 6.07) is 6.30. The number of carbonyl (C=O) groups is 1. The molecule has 0 aliphatic heterocycles. The second-order valence-electron chi connectivity index (χ2n) is 4.12. The molecule has 0 spiro atoms. The molecule has 0 saturated heterocycles. The van der Waals surface area contributed by atoms with Gasteiger partial charge >= 0.3 is 0 Å². The molecule has 0 bridgehead atoms. The zero-order chi connectivity index (χ0) is 15.4. The molecule has 2 aromatic rings. The van der Waals surface area contributed by atoms with E-state index in [1.54, 1.807) is 18.2 Å². The number of rotatable bonds is 5. The van der Waals surface area contributed by atoms with E-state index in [0.717, 1.165) is 0 Å². The number of aromatic hydroxyl groups is 1. The van der Waals surface area contributed by atoms with Crippen LogP contribution in [0.25, 0.3) is 11.3 Å². The van der Waals surface area contributed by atoms with Crippen LogP contribution in [0.4, 0.5) is 0 Å². The first-order valence-corrected chi connectivity index (χ1v) is 7.06. The number of benzene rings is 1. The highest BCUT2D eigenvalue weighted by Gasteiger charge is 2.10. The fraction of sp³-hybridized carbons (Fsp3) is 0.143. The largest absolute Gasteiger partial charge is 0.504 e. The monoisotopic (exact) mass is 345 g/mol. The van der Waals surface area contributed by atoms with Crippen molar-refractivity contribution in [1.82, 2.24) is 4.98 Å². The average Bonchev–Trinajstić information content (AvgIpc) is 2.40. The molecule has 0 radical (unpaired) electrons. The van der Waals surface area contributed by atoms with Gasteiger partial charge in [0, 0.05) is 11.8 Å². The maximum Gasteiger partial charge on any atom is 0.225 e. The SMILES string of the molecule is O=C(Cl)CCOc1ccc(-c2ncc(Cl)cc2Cl)cc1O. The van der Waals surface area contributed by atoms with Gasteiger partial charge in [0.15, 0.2) is 11.5 Å². The first-order valence-electron chi connectivity index (χ1n) is 5.93. The second-order valence-corrected chi connectivity index (χ2v) is 5.39. The molecule has 1 N–H and O–H groups in total. The van der Waals surface area contributed by atoms with Crippen molar-refractivity contribution in [3.05, 3.63) is 40.5 Å². The normalized spacial score (nSPS) is 10.4. The van der Waals surface area contributed by atoms with Gasteiger partial charge in [-0.2, -0.15) is 0 Å². The summed E-state index contributed by atoms with van der Waals surface area (Å²) in [6.45, 7) is 0.0925. The Labute approximate surface area is 136 Å². The van der Waals surface area contributed by atoms with Gasteiger partial charge in [0.1, 0.15) is 0 Å². The highest BCUT2D eigenvalue weighted by atomic mass is 35.5. The van der Waals surface area contributed by atoms with Crippen LogP contribution in [0.15, 0.2) is 30.5 Å². The minimum atomic E-state index is -0.497. The molecule has 2 rings (SSSR count). The number of hydrogen-bond acceptors (Lipinski definition) is 4. The number of hydrogen-bond donors (Lipinski definition) is 1. The average molecular weight is 347 g/mol. The number of phenols is 1. The molecule has 0 saturated carbocycles. The minimum absolute atomic E-state index is 0.0628. The van der Waals surface area contributed by atoms with E-state index in [4.69, 9.17) is 39.5 Å².